The molecule has 0 aromatic heterocycles. The van der Waals surface area contributed by atoms with Crippen LogP contribution in [0, 0.1) is 11.3 Å². The van der Waals surface area contributed by atoms with E-state index in [1.54, 1.807) is 0 Å². The maximum Gasteiger partial charge on any atom is 0.0575 e. The zero-order chi connectivity index (χ0) is 12.2. The standard InChI is InChI=1S/C14H29NO/c1-5-13-7-6-9-15(10-8-13)11-14(3,4)12(2)16/h12-13,16H,5-11H2,1-4H3. The molecule has 1 aliphatic heterocycles. The van der Waals surface area contributed by atoms with Crippen LogP contribution in [-0.4, -0.2) is 35.7 Å². The molecule has 16 heavy (non-hydrogen) atoms. The molecule has 1 heterocycles. The van der Waals surface area contributed by atoms with E-state index in [0.29, 0.717) is 0 Å². The molecule has 0 aromatic carbocycles. The normalized spacial score (nSPS) is 26.4. The summed E-state index contributed by atoms with van der Waals surface area (Å²) in [6.07, 6.45) is 5.16. The molecule has 0 saturated carbocycles. The van der Waals surface area contributed by atoms with E-state index in [0.717, 1.165) is 12.5 Å². The van der Waals surface area contributed by atoms with Crippen molar-refractivity contribution >= 4 is 0 Å². The van der Waals surface area contributed by atoms with E-state index in [1.165, 1.54) is 38.8 Å². The van der Waals surface area contributed by atoms with Crippen molar-refractivity contribution in [3.8, 4) is 0 Å². The molecule has 2 nitrogen and oxygen atoms in total. The maximum absolute atomic E-state index is 9.75. The fraction of sp³-hybridized carbons (Fsp3) is 1.00. The molecule has 0 amide bonds. The molecule has 1 saturated heterocycles. The van der Waals surface area contributed by atoms with Gasteiger partial charge in [0.2, 0.25) is 0 Å². The van der Waals surface area contributed by atoms with Gasteiger partial charge >= 0.3 is 0 Å². The number of hydrogen-bond donors (Lipinski definition) is 1. The maximum atomic E-state index is 9.75. The summed E-state index contributed by atoms with van der Waals surface area (Å²) in [6.45, 7) is 12.0. The van der Waals surface area contributed by atoms with Crippen molar-refractivity contribution in [3.63, 3.8) is 0 Å². The molecule has 0 spiro atoms. The van der Waals surface area contributed by atoms with Gasteiger partial charge in [-0.3, -0.25) is 0 Å². The number of nitrogens with zero attached hydrogens (tertiary/aromatic N) is 1. The first-order valence-corrected chi connectivity index (χ1v) is 6.86. The molecule has 2 heteroatoms. The zero-order valence-electron chi connectivity index (χ0n) is 11.5. The van der Waals surface area contributed by atoms with Crippen LogP contribution in [0.5, 0.6) is 0 Å². The fourth-order valence-electron chi connectivity index (χ4n) is 2.50. The Balaban J connectivity index is 2.43. The minimum Gasteiger partial charge on any atom is -0.393 e. The lowest BCUT2D eigenvalue weighted by atomic mass is 9.87. The van der Waals surface area contributed by atoms with Crippen molar-refractivity contribution in [2.75, 3.05) is 19.6 Å². The Bertz CT molecular complexity index is 201. The topological polar surface area (TPSA) is 23.5 Å². The summed E-state index contributed by atoms with van der Waals surface area (Å²) in [5, 5.41) is 9.75. The van der Waals surface area contributed by atoms with Crippen LogP contribution in [-0.2, 0) is 0 Å². The summed E-state index contributed by atoms with van der Waals surface area (Å²) in [5.74, 6) is 0.930. The van der Waals surface area contributed by atoms with Crippen LogP contribution in [0.1, 0.15) is 53.4 Å². The Morgan fingerprint density at radius 3 is 2.56 bits per heavy atom. The summed E-state index contributed by atoms with van der Waals surface area (Å²) in [4.78, 5) is 2.54. The molecular weight excluding hydrogens is 198 g/mol. The Hall–Kier alpha value is -0.0800. The molecule has 1 fully saturated rings. The summed E-state index contributed by atoms with van der Waals surface area (Å²) in [5.41, 5.74) is 0.0199. The quantitative estimate of drug-likeness (QED) is 0.798. The van der Waals surface area contributed by atoms with Gasteiger partial charge in [-0.25, -0.2) is 0 Å². The third-order valence-corrected chi connectivity index (χ3v) is 4.28. The van der Waals surface area contributed by atoms with Gasteiger partial charge in [0.25, 0.3) is 0 Å². The van der Waals surface area contributed by atoms with E-state index in [4.69, 9.17) is 0 Å². The summed E-state index contributed by atoms with van der Waals surface area (Å²) < 4.78 is 0. The van der Waals surface area contributed by atoms with Gasteiger partial charge < -0.3 is 10.0 Å². The van der Waals surface area contributed by atoms with E-state index >= 15 is 0 Å². The van der Waals surface area contributed by atoms with Gasteiger partial charge in [-0.2, -0.15) is 0 Å². The third kappa shape index (κ3) is 4.06. The number of aliphatic hydroxyl groups excluding tert-OH is 1. The highest BCUT2D eigenvalue weighted by Gasteiger charge is 2.27. The van der Waals surface area contributed by atoms with Crippen molar-refractivity contribution in [2.24, 2.45) is 11.3 Å². The Labute approximate surface area is 101 Å². The molecule has 1 rings (SSSR count). The van der Waals surface area contributed by atoms with Crippen LogP contribution in [0.2, 0.25) is 0 Å². The Morgan fingerprint density at radius 2 is 2.00 bits per heavy atom. The summed E-state index contributed by atoms with van der Waals surface area (Å²) in [7, 11) is 0. The average Bonchev–Trinajstić information content (AvgIpc) is 2.42. The number of aliphatic hydroxyl groups is 1. The smallest absolute Gasteiger partial charge is 0.0575 e. The van der Waals surface area contributed by atoms with Gasteiger partial charge in [-0.05, 0) is 45.2 Å². The van der Waals surface area contributed by atoms with Crippen LogP contribution in [0.25, 0.3) is 0 Å². The lowest BCUT2D eigenvalue weighted by Gasteiger charge is -2.34. The van der Waals surface area contributed by atoms with Crippen molar-refractivity contribution in [1.29, 1.82) is 0 Å². The first kappa shape index (κ1) is 14.0. The zero-order valence-corrected chi connectivity index (χ0v) is 11.5. The first-order chi connectivity index (χ1) is 7.45. The molecular formula is C14H29NO. The molecule has 96 valence electrons. The highest BCUT2D eigenvalue weighted by Crippen LogP contribution is 2.25. The Morgan fingerprint density at radius 1 is 1.31 bits per heavy atom. The molecule has 0 aliphatic carbocycles. The Kier molecular flexibility index (Phi) is 5.26. The van der Waals surface area contributed by atoms with E-state index in [2.05, 4.69) is 25.7 Å². The van der Waals surface area contributed by atoms with Crippen molar-refractivity contribution in [1.82, 2.24) is 4.90 Å². The lowest BCUT2D eigenvalue weighted by Crippen LogP contribution is -2.40. The molecule has 0 bridgehead atoms. The summed E-state index contributed by atoms with van der Waals surface area (Å²) >= 11 is 0. The van der Waals surface area contributed by atoms with Crippen LogP contribution in [0.3, 0.4) is 0 Å². The van der Waals surface area contributed by atoms with Gasteiger partial charge in [0.1, 0.15) is 0 Å². The van der Waals surface area contributed by atoms with Crippen molar-refractivity contribution < 1.29 is 5.11 Å². The van der Waals surface area contributed by atoms with Gasteiger partial charge in [0, 0.05) is 12.0 Å². The first-order valence-electron chi connectivity index (χ1n) is 6.86. The molecule has 2 unspecified atom stereocenters. The number of rotatable bonds is 4. The van der Waals surface area contributed by atoms with Crippen LogP contribution in [0.15, 0.2) is 0 Å². The second kappa shape index (κ2) is 6.02. The predicted octanol–water partition coefficient (Wildman–Crippen LogP) is 2.91. The number of likely N-dealkylation sites (tertiary alicyclic amines) is 1. The van der Waals surface area contributed by atoms with Crippen LogP contribution < -0.4 is 0 Å². The molecule has 1 aliphatic rings. The van der Waals surface area contributed by atoms with E-state index < -0.39 is 0 Å². The van der Waals surface area contributed by atoms with E-state index in [1.807, 2.05) is 6.92 Å². The van der Waals surface area contributed by atoms with Crippen molar-refractivity contribution in [2.45, 2.75) is 59.5 Å². The third-order valence-electron chi connectivity index (χ3n) is 4.28. The van der Waals surface area contributed by atoms with Crippen LogP contribution in [0.4, 0.5) is 0 Å². The molecule has 1 N–H and O–H groups in total. The largest absolute Gasteiger partial charge is 0.393 e. The SMILES string of the molecule is CCC1CCCN(CC(C)(C)C(C)O)CC1. The average molecular weight is 227 g/mol. The molecule has 0 radical (unpaired) electrons. The second-order valence-corrected chi connectivity index (χ2v) is 6.15. The minimum absolute atomic E-state index is 0.0199. The predicted molar refractivity (Wildman–Crippen MR) is 69.5 cm³/mol. The van der Waals surface area contributed by atoms with Crippen molar-refractivity contribution in [3.05, 3.63) is 0 Å². The van der Waals surface area contributed by atoms with E-state index in [-0.39, 0.29) is 11.5 Å². The van der Waals surface area contributed by atoms with Gasteiger partial charge in [0.05, 0.1) is 6.10 Å². The fourth-order valence-corrected chi connectivity index (χ4v) is 2.50. The minimum atomic E-state index is -0.224. The summed E-state index contributed by atoms with van der Waals surface area (Å²) in [6, 6.07) is 0. The highest BCUT2D eigenvalue weighted by atomic mass is 16.3. The molecule has 0 aromatic rings. The van der Waals surface area contributed by atoms with Gasteiger partial charge in [-0.1, -0.05) is 27.2 Å². The lowest BCUT2D eigenvalue weighted by molar-refractivity contribution is 0.0350. The van der Waals surface area contributed by atoms with Gasteiger partial charge in [0.15, 0.2) is 0 Å². The van der Waals surface area contributed by atoms with Gasteiger partial charge in [-0.15, -0.1) is 0 Å². The van der Waals surface area contributed by atoms with Crippen LogP contribution >= 0.6 is 0 Å². The number of hydrogen-bond acceptors (Lipinski definition) is 2. The monoisotopic (exact) mass is 227 g/mol. The molecule has 2 atom stereocenters. The highest BCUT2D eigenvalue weighted by molar-refractivity contribution is 4.80. The van der Waals surface area contributed by atoms with E-state index in [9.17, 15) is 5.11 Å². The second-order valence-electron chi connectivity index (χ2n) is 6.15.